The van der Waals surface area contributed by atoms with Crippen LogP contribution in [0.25, 0.3) is 87.3 Å². The van der Waals surface area contributed by atoms with E-state index in [1.807, 2.05) is 6.07 Å². The molecule has 0 fully saturated rings. The van der Waals surface area contributed by atoms with Gasteiger partial charge >= 0.3 is 0 Å². The molecule has 1 heterocycles. The first kappa shape index (κ1) is 30.5. The molecule has 0 bridgehead atoms. The number of fused-ring (bicyclic) bond motifs is 10. The van der Waals surface area contributed by atoms with Crippen molar-refractivity contribution in [3.63, 3.8) is 0 Å². The fourth-order valence-corrected chi connectivity index (χ4v) is 8.52. The van der Waals surface area contributed by atoms with Crippen LogP contribution in [0.1, 0.15) is 0 Å². The Morgan fingerprint density at radius 3 is 1.69 bits per heavy atom. The second-order valence-corrected chi connectivity index (χ2v) is 14.1. The lowest BCUT2D eigenvalue weighted by Crippen LogP contribution is -2.10. The van der Waals surface area contributed by atoms with Crippen LogP contribution in [0.3, 0.4) is 0 Å². The maximum atomic E-state index is 6.55. The number of hydrogen-bond acceptors (Lipinski definition) is 2. The van der Waals surface area contributed by atoms with Crippen molar-refractivity contribution < 1.29 is 4.42 Å². The molecule has 0 unspecified atom stereocenters. The standard InChI is InChI=1S/C52H33NO/c1-2-11-34(12-3-1)35-21-27-39(28-22-35)53(48-33-50-52(45-17-7-6-16-44(45)48)47-18-8-9-20-49(47)54-50)40-29-23-37(24-30-40)42-19-10-14-38-26-31-43-41-15-5-4-13-36(41)25-32-46(43)51(38)42/h1-33H. The minimum absolute atomic E-state index is 0.877. The van der Waals surface area contributed by atoms with Crippen molar-refractivity contribution in [2.45, 2.75) is 0 Å². The molecule has 54 heavy (non-hydrogen) atoms. The van der Waals surface area contributed by atoms with Crippen molar-refractivity contribution in [1.29, 1.82) is 0 Å². The Hall–Kier alpha value is -7.16. The van der Waals surface area contributed by atoms with Gasteiger partial charge in [-0.3, -0.25) is 0 Å². The summed E-state index contributed by atoms with van der Waals surface area (Å²) < 4.78 is 6.55. The SMILES string of the molecule is c1ccc(-c2ccc(N(c3ccc(-c4cccc5ccc6c7ccccc7ccc6c45)cc3)c3cc4oc5ccccc5c4c4ccccc34)cc2)cc1. The quantitative estimate of drug-likeness (QED) is 0.168. The second-order valence-electron chi connectivity index (χ2n) is 14.1. The van der Waals surface area contributed by atoms with Gasteiger partial charge in [-0.1, -0.05) is 164 Å². The third-order valence-electron chi connectivity index (χ3n) is 11.0. The highest BCUT2D eigenvalue weighted by Crippen LogP contribution is 2.45. The van der Waals surface area contributed by atoms with E-state index in [0.717, 1.165) is 39.0 Å². The highest BCUT2D eigenvalue weighted by Gasteiger charge is 2.21. The summed E-state index contributed by atoms with van der Waals surface area (Å²) in [6, 6.07) is 72.2. The van der Waals surface area contributed by atoms with Crippen molar-refractivity contribution in [1.82, 2.24) is 0 Å². The lowest BCUT2D eigenvalue weighted by molar-refractivity contribution is 0.669. The van der Waals surface area contributed by atoms with Crippen LogP contribution in [0, 0.1) is 0 Å². The first-order valence-electron chi connectivity index (χ1n) is 18.5. The molecule has 0 amide bonds. The van der Waals surface area contributed by atoms with E-state index in [0.29, 0.717) is 0 Å². The summed E-state index contributed by atoms with van der Waals surface area (Å²) in [5.41, 5.74) is 9.79. The van der Waals surface area contributed by atoms with E-state index in [4.69, 9.17) is 4.42 Å². The molecule has 0 N–H and O–H groups in total. The van der Waals surface area contributed by atoms with Gasteiger partial charge in [0.2, 0.25) is 0 Å². The van der Waals surface area contributed by atoms with Crippen LogP contribution in [0.2, 0.25) is 0 Å². The summed E-state index contributed by atoms with van der Waals surface area (Å²) in [6.07, 6.45) is 0. The number of benzene rings is 10. The molecule has 252 valence electrons. The minimum Gasteiger partial charge on any atom is -0.456 e. The molecule has 2 nitrogen and oxygen atoms in total. The fourth-order valence-electron chi connectivity index (χ4n) is 8.52. The maximum Gasteiger partial charge on any atom is 0.138 e. The molecule has 11 aromatic rings. The number of rotatable bonds is 5. The summed E-state index contributed by atoms with van der Waals surface area (Å²) in [7, 11) is 0. The topological polar surface area (TPSA) is 16.4 Å². The first-order chi connectivity index (χ1) is 26.8. The van der Waals surface area contributed by atoms with Crippen LogP contribution >= 0.6 is 0 Å². The van der Waals surface area contributed by atoms with Crippen molar-refractivity contribution in [2.75, 3.05) is 4.90 Å². The normalized spacial score (nSPS) is 11.7. The van der Waals surface area contributed by atoms with Gasteiger partial charge in [-0.25, -0.2) is 0 Å². The second kappa shape index (κ2) is 12.2. The summed E-state index contributed by atoms with van der Waals surface area (Å²) in [4.78, 5) is 2.37. The molecule has 0 spiro atoms. The number of para-hydroxylation sites is 1. The number of hydrogen-bond donors (Lipinski definition) is 0. The zero-order valence-electron chi connectivity index (χ0n) is 29.4. The van der Waals surface area contributed by atoms with Crippen molar-refractivity contribution in [3.8, 4) is 22.3 Å². The van der Waals surface area contributed by atoms with Gasteiger partial charge in [0.25, 0.3) is 0 Å². The number of furan rings is 1. The van der Waals surface area contributed by atoms with Gasteiger partial charge in [0, 0.05) is 33.6 Å². The van der Waals surface area contributed by atoms with E-state index in [1.54, 1.807) is 0 Å². The number of anilines is 3. The van der Waals surface area contributed by atoms with Crippen LogP contribution in [-0.2, 0) is 0 Å². The molecule has 0 atom stereocenters. The third-order valence-corrected chi connectivity index (χ3v) is 11.0. The van der Waals surface area contributed by atoms with E-state index >= 15 is 0 Å². The predicted molar refractivity (Wildman–Crippen MR) is 229 cm³/mol. The molecule has 0 saturated heterocycles. The maximum absolute atomic E-state index is 6.55. The average Bonchev–Trinajstić information content (AvgIpc) is 3.63. The van der Waals surface area contributed by atoms with Crippen LogP contribution in [-0.4, -0.2) is 0 Å². The molecule has 0 radical (unpaired) electrons. The molecule has 0 aliphatic carbocycles. The van der Waals surface area contributed by atoms with E-state index in [9.17, 15) is 0 Å². The monoisotopic (exact) mass is 687 g/mol. The van der Waals surface area contributed by atoms with E-state index in [1.165, 1.54) is 65.3 Å². The molecule has 0 saturated carbocycles. The van der Waals surface area contributed by atoms with Gasteiger partial charge in [0.05, 0.1) is 5.69 Å². The molecule has 2 heteroatoms. The van der Waals surface area contributed by atoms with E-state index < -0.39 is 0 Å². The van der Waals surface area contributed by atoms with Crippen molar-refractivity contribution in [2.24, 2.45) is 0 Å². The molecule has 10 aromatic carbocycles. The van der Waals surface area contributed by atoms with Gasteiger partial charge in [-0.2, -0.15) is 0 Å². The van der Waals surface area contributed by atoms with E-state index in [-0.39, 0.29) is 0 Å². The zero-order valence-corrected chi connectivity index (χ0v) is 29.4. The molecule has 1 aromatic heterocycles. The lowest BCUT2D eigenvalue weighted by atomic mass is 9.91. The Labute approximate surface area is 312 Å². The summed E-state index contributed by atoms with van der Waals surface area (Å²) in [5.74, 6) is 0. The smallest absolute Gasteiger partial charge is 0.138 e. The Balaban J connectivity index is 1.11. The molecule has 0 aliphatic heterocycles. The number of nitrogens with zero attached hydrogens (tertiary/aromatic N) is 1. The Kier molecular flexibility index (Phi) is 6.90. The van der Waals surface area contributed by atoms with Crippen LogP contribution < -0.4 is 4.90 Å². The largest absolute Gasteiger partial charge is 0.456 e. The molecular weight excluding hydrogens is 655 g/mol. The third kappa shape index (κ3) is 4.81. The van der Waals surface area contributed by atoms with Gasteiger partial charge < -0.3 is 9.32 Å². The highest BCUT2D eigenvalue weighted by atomic mass is 16.3. The fraction of sp³-hybridized carbons (Fsp3) is 0. The first-order valence-corrected chi connectivity index (χ1v) is 18.5. The Morgan fingerprint density at radius 2 is 0.889 bits per heavy atom. The minimum atomic E-state index is 0.877. The summed E-state index contributed by atoms with van der Waals surface area (Å²) in [5, 5.41) is 12.2. The van der Waals surface area contributed by atoms with Crippen LogP contribution in [0.4, 0.5) is 17.1 Å². The van der Waals surface area contributed by atoms with Crippen LogP contribution in [0.15, 0.2) is 205 Å². The van der Waals surface area contributed by atoms with Gasteiger partial charge in [0.15, 0.2) is 0 Å². The predicted octanol–water partition coefficient (Wildman–Crippen LogP) is 15.0. The Morgan fingerprint density at radius 1 is 0.315 bits per heavy atom. The summed E-state index contributed by atoms with van der Waals surface area (Å²) >= 11 is 0. The Bertz CT molecular complexity index is 3190. The van der Waals surface area contributed by atoms with Crippen LogP contribution in [0.5, 0.6) is 0 Å². The average molecular weight is 688 g/mol. The van der Waals surface area contributed by atoms with Crippen molar-refractivity contribution >= 4 is 82.1 Å². The van der Waals surface area contributed by atoms with Crippen molar-refractivity contribution in [3.05, 3.63) is 200 Å². The van der Waals surface area contributed by atoms with E-state index in [2.05, 4.69) is 199 Å². The van der Waals surface area contributed by atoms with Gasteiger partial charge in [-0.05, 0) is 90.3 Å². The molecule has 11 rings (SSSR count). The summed E-state index contributed by atoms with van der Waals surface area (Å²) in [6.45, 7) is 0. The molecule has 0 aliphatic rings. The van der Waals surface area contributed by atoms with Gasteiger partial charge in [0.1, 0.15) is 11.2 Å². The molecular formula is C52H33NO. The lowest BCUT2D eigenvalue weighted by Gasteiger charge is -2.27. The highest BCUT2D eigenvalue weighted by molar-refractivity contribution is 6.23. The van der Waals surface area contributed by atoms with Gasteiger partial charge in [-0.15, -0.1) is 0 Å². The zero-order chi connectivity index (χ0) is 35.6.